The van der Waals surface area contributed by atoms with Crippen molar-refractivity contribution in [3.05, 3.63) is 64.4 Å². The first-order valence-corrected chi connectivity index (χ1v) is 11.2. The second kappa shape index (κ2) is 8.98. The van der Waals surface area contributed by atoms with Gasteiger partial charge in [0, 0.05) is 23.9 Å². The van der Waals surface area contributed by atoms with Gasteiger partial charge < -0.3 is 5.11 Å². The fourth-order valence-corrected chi connectivity index (χ4v) is 4.70. The standard InChI is InChI=1S/C23H22ClN3O2S/c1-2-16-9-10-18-22(15-11-12-25-20(24)14-15)17(6-3-4-8-21(28)29)23(26-27(16)18)19-7-5-13-30-19/h5,7,9-14H,2-4,6,8H2,1H3,(H,28,29). The van der Waals surface area contributed by atoms with Crippen LogP contribution in [-0.2, 0) is 17.6 Å². The van der Waals surface area contributed by atoms with Gasteiger partial charge in [-0.3, -0.25) is 4.79 Å². The third kappa shape index (κ3) is 4.11. The zero-order valence-corrected chi connectivity index (χ0v) is 18.2. The van der Waals surface area contributed by atoms with Crippen LogP contribution < -0.4 is 0 Å². The Hall–Kier alpha value is -2.70. The number of pyridine rings is 1. The van der Waals surface area contributed by atoms with Gasteiger partial charge in [0.05, 0.1) is 10.4 Å². The molecule has 0 atom stereocenters. The maximum atomic E-state index is 11.0. The lowest BCUT2D eigenvalue weighted by Crippen LogP contribution is -2.06. The molecule has 4 aromatic heterocycles. The van der Waals surface area contributed by atoms with Gasteiger partial charge in [0.2, 0.25) is 0 Å². The van der Waals surface area contributed by atoms with E-state index < -0.39 is 5.97 Å². The molecular weight excluding hydrogens is 418 g/mol. The summed E-state index contributed by atoms with van der Waals surface area (Å²) in [6.45, 7) is 2.12. The Balaban J connectivity index is 1.95. The van der Waals surface area contributed by atoms with Crippen molar-refractivity contribution >= 4 is 34.4 Å². The van der Waals surface area contributed by atoms with Crippen LogP contribution in [-0.4, -0.2) is 25.7 Å². The topological polar surface area (TPSA) is 67.5 Å². The number of hydrogen-bond acceptors (Lipinski definition) is 4. The van der Waals surface area contributed by atoms with E-state index >= 15 is 0 Å². The van der Waals surface area contributed by atoms with Crippen LogP contribution in [0.3, 0.4) is 0 Å². The molecule has 7 heteroatoms. The van der Waals surface area contributed by atoms with Crippen LogP contribution >= 0.6 is 22.9 Å². The van der Waals surface area contributed by atoms with Gasteiger partial charge in [0.25, 0.3) is 0 Å². The zero-order valence-electron chi connectivity index (χ0n) is 16.6. The Kier molecular flexibility index (Phi) is 6.16. The van der Waals surface area contributed by atoms with Crippen LogP contribution in [0.2, 0.25) is 5.15 Å². The van der Waals surface area contributed by atoms with Crippen molar-refractivity contribution in [2.45, 2.75) is 39.0 Å². The Morgan fingerprint density at radius 1 is 1.23 bits per heavy atom. The maximum Gasteiger partial charge on any atom is 0.303 e. The fraction of sp³-hybridized carbons (Fsp3) is 0.261. The SMILES string of the molecule is CCc1ccc2c(-c3ccnc(Cl)c3)c(CCCCC(=O)O)c(-c3cccs3)nn12. The second-order valence-electron chi connectivity index (χ2n) is 7.12. The summed E-state index contributed by atoms with van der Waals surface area (Å²) in [6, 6.07) is 12.2. The lowest BCUT2D eigenvalue weighted by Gasteiger charge is -2.17. The molecule has 4 heterocycles. The summed E-state index contributed by atoms with van der Waals surface area (Å²) in [5, 5.41) is 16.5. The van der Waals surface area contributed by atoms with Gasteiger partial charge in [0.1, 0.15) is 10.8 Å². The molecule has 0 fully saturated rings. The van der Waals surface area contributed by atoms with E-state index in [2.05, 4.69) is 35.5 Å². The highest BCUT2D eigenvalue weighted by atomic mass is 35.5. The normalized spacial score (nSPS) is 11.3. The molecule has 0 aliphatic rings. The van der Waals surface area contributed by atoms with E-state index in [0.717, 1.165) is 57.7 Å². The lowest BCUT2D eigenvalue weighted by molar-refractivity contribution is -0.137. The van der Waals surface area contributed by atoms with Crippen molar-refractivity contribution < 1.29 is 9.90 Å². The van der Waals surface area contributed by atoms with Crippen LogP contribution in [0.1, 0.15) is 37.4 Å². The molecule has 0 aliphatic carbocycles. The molecule has 0 amide bonds. The minimum Gasteiger partial charge on any atom is -0.481 e. The highest BCUT2D eigenvalue weighted by Gasteiger charge is 2.20. The van der Waals surface area contributed by atoms with Crippen LogP contribution in [0.5, 0.6) is 0 Å². The molecule has 0 saturated carbocycles. The third-order valence-electron chi connectivity index (χ3n) is 5.18. The molecule has 0 radical (unpaired) electrons. The molecule has 154 valence electrons. The first-order valence-electron chi connectivity index (χ1n) is 9.99. The van der Waals surface area contributed by atoms with E-state index in [1.165, 1.54) is 0 Å². The molecule has 0 bridgehead atoms. The molecule has 4 rings (SSSR count). The van der Waals surface area contributed by atoms with Crippen LogP contribution in [0.15, 0.2) is 48.0 Å². The van der Waals surface area contributed by atoms with E-state index in [1.807, 2.05) is 22.7 Å². The Bertz CT molecular complexity index is 1180. The van der Waals surface area contributed by atoms with E-state index in [0.29, 0.717) is 11.6 Å². The first kappa shape index (κ1) is 20.6. The summed E-state index contributed by atoms with van der Waals surface area (Å²) in [5.74, 6) is -0.762. The Morgan fingerprint density at radius 2 is 2.10 bits per heavy atom. The van der Waals surface area contributed by atoms with Crippen LogP contribution in [0.25, 0.3) is 27.2 Å². The molecule has 0 spiro atoms. The first-order chi connectivity index (χ1) is 14.6. The summed E-state index contributed by atoms with van der Waals surface area (Å²) in [4.78, 5) is 16.2. The largest absolute Gasteiger partial charge is 0.481 e. The number of hydrogen-bond donors (Lipinski definition) is 1. The molecule has 0 unspecified atom stereocenters. The molecular formula is C23H22ClN3O2S. The van der Waals surface area contributed by atoms with Gasteiger partial charge in [-0.25, -0.2) is 9.50 Å². The molecule has 5 nitrogen and oxygen atoms in total. The number of aliphatic carboxylic acids is 1. The summed E-state index contributed by atoms with van der Waals surface area (Å²) in [6.07, 6.45) is 4.91. The number of nitrogens with zero attached hydrogens (tertiary/aromatic N) is 3. The number of unbranched alkanes of at least 4 members (excludes halogenated alkanes) is 1. The fourth-order valence-electron chi connectivity index (χ4n) is 3.79. The monoisotopic (exact) mass is 439 g/mol. The lowest BCUT2D eigenvalue weighted by atomic mass is 9.94. The van der Waals surface area contributed by atoms with Gasteiger partial charge in [-0.2, -0.15) is 5.10 Å². The number of carboxylic acids is 1. The van der Waals surface area contributed by atoms with Gasteiger partial charge in [0.15, 0.2) is 0 Å². The van der Waals surface area contributed by atoms with Crippen molar-refractivity contribution in [1.29, 1.82) is 0 Å². The van der Waals surface area contributed by atoms with E-state index in [1.54, 1.807) is 17.5 Å². The number of carbonyl (C=O) groups is 1. The number of aromatic nitrogens is 3. The van der Waals surface area contributed by atoms with Crippen molar-refractivity contribution in [2.75, 3.05) is 0 Å². The van der Waals surface area contributed by atoms with Crippen molar-refractivity contribution in [3.63, 3.8) is 0 Å². The van der Waals surface area contributed by atoms with Gasteiger partial charge in [-0.05, 0) is 72.5 Å². The minimum atomic E-state index is -0.762. The van der Waals surface area contributed by atoms with Gasteiger partial charge in [-0.15, -0.1) is 11.3 Å². The summed E-state index contributed by atoms with van der Waals surface area (Å²) in [5.41, 5.74) is 6.33. The van der Waals surface area contributed by atoms with Crippen molar-refractivity contribution in [3.8, 4) is 21.7 Å². The summed E-state index contributed by atoms with van der Waals surface area (Å²) in [7, 11) is 0. The molecule has 1 N–H and O–H groups in total. The average molecular weight is 440 g/mol. The molecule has 0 aromatic carbocycles. The number of thiophene rings is 1. The number of carboxylic acid groups (broad SMARTS) is 1. The van der Waals surface area contributed by atoms with Crippen molar-refractivity contribution in [2.24, 2.45) is 0 Å². The van der Waals surface area contributed by atoms with Gasteiger partial charge >= 0.3 is 5.97 Å². The number of rotatable bonds is 8. The second-order valence-corrected chi connectivity index (χ2v) is 8.46. The van der Waals surface area contributed by atoms with Crippen LogP contribution in [0.4, 0.5) is 0 Å². The number of fused-ring (bicyclic) bond motifs is 1. The predicted octanol–water partition coefficient (Wildman–Crippen LogP) is 6.14. The Morgan fingerprint density at radius 3 is 2.80 bits per heavy atom. The average Bonchev–Trinajstić information content (AvgIpc) is 3.39. The molecule has 0 saturated heterocycles. The third-order valence-corrected chi connectivity index (χ3v) is 6.26. The van der Waals surface area contributed by atoms with Crippen molar-refractivity contribution in [1.82, 2.24) is 14.6 Å². The molecule has 30 heavy (non-hydrogen) atoms. The molecule has 4 aromatic rings. The maximum absolute atomic E-state index is 11.0. The Labute approximate surface area is 184 Å². The summed E-state index contributed by atoms with van der Waals surface area (Å²) < 4.78 is 2.03. The smallest absolute Gasteiger partial charge is 0.303 e. The predicted molar refractivity (Wildman–Crippen MR) is 121 cm³/mol. The quantitative estimate of drug-likeness (QED) is 0.264. The molecule has 0 aliphatic heterocycles. The van der Waals surface area contributed by atoms with Crippen LogP contribution in [0, 0.1) is 0 Å². The van der Waals surface area contributed by atoms with E-state index in [4.69, 9.17) is 21.8 Å². The summed E-state index contributed by atoms with van der Waals surface area (Å²) >= 11 is 7.89. The number of aryl methyl sites for hydroxylation is 1. The van der Waals surface area contributed by atoms with Gasteiger partial charge in [-0.1, -0.05) is 24.6 Å². The number of halogens is 1. The zero-order chi connectivity index (χ0) is 21.1. The van der Waals surface area contributed by atoms with E-state index in [-0.39, 0.29) is 6.42 Å². The minimum absolute atomic E-state index is 0.172. The van der Waals surface area contributed by atoms with E-state index in [9.17, 15) is 4.79 Å². The highest BCUT2D eigenvalue weighted by molar-refractivity contribution is 7.13. The highest BCUT2D eigenvalue weighted by Crippen LogP contribution is 2.38.